The zero-order valence-corrected chi connectivity index (χ0v) is 30.8. The molecule has 5 heteroatoms. The van der Waals surface area contributed by atoms with E-state index in [9.17, 15) is 0 Å². The summed E-state index contributed by atoms with van der Waals surface area (Å²) < 4.78 is 4.77. The van der Waals surface area contributed by atoms with Gasteiger partial charge in [-0.2, -0.15) is 9.97 Å². The van der Waals surface area contributed by atoms with Crippen molar-refractivity contribution in [2.45, 2.75) is 25.7 Å². The molecule has 7 aromatic carbocycles. The molecule has 56 heavy (non-hydrogen) atoms. The highest BCUT2D eigenvalue weighted by atomic mass is 15.2. The fourth-order valence-electron chi connectivity index (χ4n) is 8.84. The highest BCUT2D eigenvalue weighted by molar-refractivity contribution is 6.22. The van der Waals surface area contributed by atoms with Gasteiger partial charge in [-0.05, 0) is 96.0 Å². The van der Waals surface area contributed by atoms with Gasteiger partial charge in [0.05, 0.1) is 16.6 Å². The Morgan fingerprint density at radius 3 is 1.54 bits per heavy atom. The van der Waals surface area contributed by atoms with E-state index in [2.05, 4.69) is 185 Å². The molecule has 0 amide bonds. The second kappa shape index (κ2) is 13.3. The van der Waals surface area contributed by atoms with Crippen molar-refractivity contribution in [3.8, 4) is 56.7 Å². The summed E-state index contributed by atoms with van der Waals surface area (Å²) in [7, 11) is 0. The molecule has 0 atom stereocenters. The van der Waals surface area contributed by atoms with Gasteiger partial charge < -0.3 is 4.57 Å². The molecule has 5 nitrogen and oxygen atoms in total. The van der Waals surface area contributed by atoms with Gasteiger partial charge in [-0.15, -0.1) is 0 Å². The first-order chi connectivity index (χ1) is 27.8. The van der Waals surface area contributed by atoms with Crippen molar-refractivity contribution in [2.75, 3.05) is 0 Å². The normalized spacial score (nSPS) is 12.7. The molecule has 0 radical (unpaired) electrons. The Labute approximate surface area is 325 Å². The first kappa shape index (κ1) is 32.3. The topological polar surface area (TPSA) is 48.5 Å². The highest BCUT2D eigenvalue weighted by Crippen LogP contribution is 2.43. The minimum Gasteiger partial charge on any atom is -0.309 e. The molecule has 0 N–H and O–H groups in total. The van der Waals surface area contributed by atoms with Crippen molar-refractivity contribution in [3.63, 3.8) is 0 Å². The van der Waals surface area contributed by atoms with Gasteiger partial charge >= 0.3 is 0 Å². The van der Waals surface area contributed by atoms with Gasteiger partial charge in [0.25, 0.3) is 0 Å². The third kappa shape index (κ3) is 5.35. The fraction of sp³-hybridized carbons (Fsp3) is 0.0784. The summed E-state index contributed by atoms with van der Waals surface area (Å²) in [5, 5.41) is 3.86. The van der Waals surface area contributed by atoms with E-state index in [0.29, 0.717) is 17.6 Å². The molecule has 3 heterocycles. The molecule has 0 saturated carbocycles. The number of rotatable bonds is 6. The second-order valence-corrected chi connectivity index (χ2v) is 14.7. The van der Waals surface area contributed by atoms with Crippen LogP contribution in [0.5, 0.6) is 0 Å². The Morgan fingerprint density at radius 1 is 0.375 bits per heavy atom. The number of hydrogen-bond acceptors (Lipinski definition) is 3. The van der Waals surface area contributed by atoms with E-state index in [4.69, 9.17) is 15.0 Å². The lowest BCUT2D eigenvalue weighted by molar-refractivity contribution is 0.661. The first-order valence-corrected chi connectivity index (χ1v) is 19.5. The van der Waals surface area contributed by atoms with E-state index in [1.165, 1.54) is 38.4 Å². The Balaban J connectivity index is 1.18. The van der Waals surface area contributed by atoms with Crippen LogP contribution in [0.1, 0.15) is 24.1 Å². The van der Waals surface area contributed by atoms with Gasteiger partial charge in [0.15, 0.2) is 11.6 Å². The summed E-state index contributed by atoms with van der Waals surface area (Å²) in [5.41, 5.74) is 13.9. The molecule has 0 aliphatic heterocycles. The number of nitrogens with zero attached hydrogens (tertiary/aromatic N) is 5. The molecule has 10 aromatic rings. The number of hydrogen-bond donors (Lipinski definition) is 0. The quantitative estimate of drug-likeness (QED) is 0.172. The highest BCUT2D eigenvalue weighted by Gasteiger charge is 2.27. The van der Waals surface area contributed by atoms with Crippen molar-refractivity contribution in [2.24, 2.45) is 0 Å². The smallest absolute Gasteiger partial charge is 0.238 e. The number of aryl methyl sites for hydroxylation is 1. The van der Waals surface area contributed by atoms with Crippen molar-refractivity contribution < 1.29 is 0 Å². The van der Waals surface area contributed by atoms with Crippen LogP contribution in [0.25, 0.3) is 89.4 Å². The van der Waals surface area contributed by atoms with Crippen LogP contribution in [0.15, 0.2) is 176 Å². The lowest BCUT2D eigenvalue weighted by Gasteiger charge is -2.16. The summed E-state index contributed by atoms with van der Waals surface area (Å²) >= 11 is 0. The summed E-state index contributed by atoms with van der Waals surface area (Å²) in [6, 6.07) is 62.3. The maximum absolute atomic E-state index is 5.38. The average molecular weight is 720 g/mol. The van der Waals surface area contributed by atoms with Gasteiger partial charge in [-0.3, -0.25) is 4.57 Å². The lowest BCUT2D eigenvalue weighted by atomic mass is 9.94. The molecular weight excluding hydrogens is 683 g/mol. The molecule has 0 unspecified atom stereocenters. The van der Waals surface area contributed by atoms with Crippen LogP contribution in [0.2, 0.25) is 0 Å². The van der Waals surface area contributed by atoms with Crippen LogP contribution in [0, 0.1) is 0 Å². The standard InChI is InChI=1S/C51H37N5/c1-4-16-34(17-5-1)36-20-14-22-38(32-36)49-52-50(39-23-15-21-37(33-39)35-18-6-2-7-19-35)54-51(53-49)56-44-29-13-11-27-42(44)48-46(56)31-30-45-47(48)41-26-10-12-28-43(41)55(45)40-24-8-3-9-25-40/h1-10,12,14-26,28,30-33H,11,13,27,29H2. The molecule has 0 fully saturated rings. The Hall–Kier alpha value is -7.11. The summed E-state index contributed by atoms with van der Waals surface area (Å²) in [6.45, 7) is 0. The Morgan fingerprint density at radius 2 is 0.893 bits per heavy atom. The number of para-hydroxylation sites is 2. The molecular formula is C51H37N5. The summed E-state index contributed by atoms with van der Waals surface area (Å²) in [4.78, 5) is 16.0. The third-order valence-corrected chi connectivity index (χ3v) is 11.4. The minimum absolute atomic E-state index is 0.652. The van der Waals surface area contributed by atoms with Crippen LogP contribution in [-0.2, 0) is 12.8 Å². The Bertz CT molecular complexity index is 2970. The zero-order chi connectivity index (χ0) is 37.0. The van der Waals surface area contributed by atoms with Gasteiger partial charge in [0.2, 0.25) is 5.95 Å². The maximum Gasteiger partial charge on any atom is 0.238 e. The molecule has 1 aliphatic rings. The van der Waals surface area contributed by atoms with Crippen LogP contribution in [0.3, 0.4) is 0 Å². The van der Waals surface area contributed by atoms with Crippen molar-refractivity contribution >= 4 is 32.7 Å². The summed E-state index contributed by atoms with van der Waals surface area (Å²) in [6.07, 6.45) is 4.27. The van der Waals surface area contributed by atoms with E-state index < -0.39 is 0 Å². The van der Waals surface area contributed by atoms with E-state index in [-0.39, 0.29) is 0 Å². The third-order valence-electron chi connectivity index (χ3n) is 11.4. The van der Waals surface area contributed by atoms with Crippen LogP contribution in [0.4, 0.5) is 0 Å². The van der Waals surface area contributed by atoms with E-state index in [1.807, 2.05) is 0 Å². The molecule has 11 rings (SSSR count). The number of aromatic nitrogens is 5. The Kier molecular flexibility index (Phi) is 7.69. The lowest BCUT2D eigenvalue weighted by Crippen LogP contribution is -2.11. The number of fused-ring (bicyclic) bond motifs is 7. The van der Waals surface area contributed by atoms with E-state index in [0.717, 1.165) is 70.3 Å². The number of benzene rings is 7. The SMILES string of the molecule is c1ccc(-c2cccc(-c3nc(-c4cccc(-c5ccccc5)c4)nc(-n4c5c(c6c7c8ccccc8n(-c8ccccc8)c7ccc64)CCCC5)n3)c2)cc1. The average Bonchev–Trinajstić information content (AvgIpc) is 3.80. The minimum atomic E-state index is 0.652. The summed E-state index contributed by atoms with van der Waals surface area (Å²) in [5.74, 6) is 1.96. The monoisotopic (exact) mass is 719 g/mol. The van der Waals surface area contributed by atoms with Crippen molar-refractivity contribution in [1.82, 2.24) is 24.1 Å². The molecule has 0 saturated heterocycles. The molecule has 0 bridgehead atoms. The predicted octanol–water partition coefficient (Wildman–Crippen LogP) is 12.5. The van der Waals surface area contributed by atoms with Crippen LogP contribution < -0.4 is 0 Å². The molecule has 3 aromatic heterocycles. The second-order valence-electron chi connectivity index (χ2n) is 14.7. The fourth-order valence-corrected chi connectivity index (χ4v) is 8.84. The van der Waals surface area contributed by atoms with Crippen molar-refractivity contribution in [1.29, 1.82) is 0 Å². The van der Waals surface area contributed by atoms with E-state index in [1.54, 1.807) is 0 Å². The van der Waals surface area contributed by atoms with Crippen molar-refractivity contribution in [3.05, 3.63) is 187 Å². The molecule has 266 valence electrons. The van der Waals surface area contributed by atoms with Gasteiger partial charge in [0, 0.05) is 38.7 Å². The van der Waals surface area contributed by atoms with Crippen LogP contribution in [-0.4, -0.2) is 24.1 Å². The molecule has 0 spiro atoms. The van der Waals surface area contributed by atoms with Gasteiger partial charge in [-0.1, -0.05) is 133 Å². The van der Waals surface area contributed by atoms with Gasteiger partial charge in [-0.25, -0.2) is 4.98 Å². The van der Waals surface area contributed by atoms with E-state index >= 15 is 0 Å². The zero-order valence-electron chi connectivity index (χ0n) is 30.8. The first-order valence-electron chi connectivity index (χ1n) is 19.5. The largest absolute Gasteiger partial charge is 0.309 e. The predicted molar refractivity (Wildman–Crippen MR) is 229 cm³/mol. The van der Waals surface area contributed by atoms with Crippen LogP contribution >= 0.6 is 0 Å². The maximum atomic E-state index is 5.38. The molecule has 1 aliphatic carbocycles. The van der Waals surface area contributed by atoms with Gasteiger partial charge in [0.1, 0.15) is 0 Å².